The fourth-order valence-electron chi connectivity index (χ4n) is 10.4. The average molecular weight is 941 g/mol. The summed E-state index contributed by atoms with van der Waals surface area (Å²) < 4.78 is 21.5. The van der Waals surface area contributed by atoms with Gasteiger partial charge in [0.1, 0.15) is 12.2 Å². The number of rotatable bonds is 22. The van der Waals surface area contributed by atoms with Crippen LogP contribution in [-0.2, 0) is 47.7 Å². The summed E-state index contributed by atoms with van der Waals surface area (Å²) in [7, 11) is 0. The molecule has 0 aromatic rings. The Morgan fingerprint density at radius 3 is 1.59 bits per heavy atom. The molecule has 4 rings (SSSR count). The summed E-state index contributed by atoms with van der Waals surface area (Å²) >= 11 is 0. The van der Waals surface area contributed by atoms with Gasteiger partial charge in [0, 0.05) is 51.4 Å². The van der Waals surface area contributed by atoms with Crippen molar-refractivity contribution in [2.24, 2.45) is 59.2 Å². The second kappa shape index (κ2) is 29.4. The maximum Gasteiger partial charge on any atom is 0.306 e. The molecule has 0 spiro atoms. The Kier molecular flexibility index (Phi) is 24.9. The Hall–Kier alpha value is -4.70. The normalized spacial score (nSPS) is 27.5. The first-order chi connectivity index (χ1) is 32.2. The number of ketones is 2. The zero-order chi connectivity index (χ0) is 50.5. The van der Waals surface area contributed by atoms with E-state index in [1.807, 2.05) is 19.9 Å². The highest BCUT2D eigenvalue weighted by atomic mass is 16.6. The van der Waals surface area contributed by atoms with Crippen LogP contribution in [0.3, 0.4) is 0 Å². The summed E-state index contributed by atoms with van der Waals surface area (Å²) in [6, 6.07) is 0. The topological polar surface area (TPSA) is 139 Å². The van der Waals surface area contributed by atoms with E-state index in [0.29, 0.717) is 48.9 Å². The molecule has 14 atom stereocenters. The fourth-order valence-corrected chi connectivity index (χ4v) is 10.4. The summed E-state index contributed by atoms with van der Waals surface area (Å²) in [5.41, 5.74) is 2.94. The van der Waals surface area contributed by atoms with Crippen LogP contribution in [0.25, 0.3) is 0 Å². The van der Waals surface area contributed by atoms with Gasteiger partial charge in [0.05, 0.1) is 0 Å². The van der Waals surface area contributed by atoms with Crippen molar-refractivity contribution >= 4 is 35.4 Å². The summed E-state index contributed by atoms with van der Waals surface area (Å²) in [5, 5.41) is 0. The zero-order valence-corrected chi connectivity index (χ0v) is 43.5. The van der Waals surface area contributed by atoms with Crippen molar-refractivity contribution in [2.75, 3.05) is 0 Å². The molecule has 10 heteroatoms. The average Bonchev–Trinajstić information content (AvgIpc) is 4.01. The molecule has 0 amide bonds. The number of carbonyl (C=O) groups is 6. The van der Waals surface area contributed by atoms with Gasteiger partial charge in [0.15, 0.2) is 23.8 Å². The quantitative estimate of drug-likeness (QED) is 0.0339. The molecule has 0 radical (unpaired) electrons. The number of fused-ring (bicyclic) bond motifs is 2. The Morgan fingerprint density at radius 1 is 0.618 bits per heavy atom. The molecule has 10 nitrogen and oxygen atoms in total. The van der Waals surface area contributed by atoms with Gasteiger partial charge in [0.25, 0.3) is 0 Å². The van der Waals surface area contributed by atoms with E-state index in [1.165, 1.54) is 52.5 Å². The molecular weight excluding hydrogens is 857 g/mol. The highest BCUT2D eigenvalue weighted by molar-refractivity contribution is 5.83. The van der Waals surface area contributed by atoms with Gasteiger partial charge >= 0.3 is 23.9 Å². The minimum Gasteiger partial charge on any atom is -0.462 e. The fraction of sp³-hybridized carbons (Fsp3) is 0.690. The molecule has 4 aliphatic carbocycles. The summed E-state index contributed by atoms with van der Waals surface area (Å²) in [4.78, 5) is 69.6. The van der Waals surface area contributed by atoms with Gasteiger partial charge in [-0.25, -0.2) is 0 Å². The van der Waals surface area contributed by atoms with Gasteiger partial charge in [-0.3, -0.25) is 28.8 Å². The molecule has 0 bridgehead atoms. The van der Waals surface area contributed by atoms with Gasteiger partial charge in [0.2, 0.25) is 0 Å². The van der Waals surface area contributed by atoms with Crippen molar-refractivity contribution < 1.29 is 47.7 Å². The molecule has 0 aromatic carbocycles. The SMILES string of the molecule is CC#CCC(C)[C@@H](/C=C/[C@H]1C(OC(C)=O)C[C@@H]2C/C(=C\CCCC(=O)O[C@H](C)C(C)=O)C[C@@H]21)OC(C)=O.CC#CCC(C)[C@H](C)/C=C/[C@H]1C(C)C[C@@H]2C/C(=C\CCCC(=O)O[C@H](C)C(C)=O)C[C@@H]21. The first kappa shape index (κ1) is 57.6. The minimum absolute atomic E-state index is 0.0427. The highest BCUT2D eigenvalue weighted by Gasteiger charge is 2.47. The van der Waals surface area contributed by atoms with Crippen molar-refractivity contribution in [3.05, 3.63) is 47.6 Å². The minimum atomic E-state index is -0.696. The molecule has 4 fully saturated rings. The summed E-state index contributed by atoms with van der Waals surface area (Å²) in [5.74, 6) is 15.7. The van der Waals surface area contributed by atoms with Crippen LogP contribution in [0, 0.1) is 82.9 Å². The van der Waals surface area contributed by atoms with E-state index < -0.39 is 18.3 Å². The second-order valence-corrected chi connectivity index (χ2v) is 20.3. The van der Waals surface area contributed by atoms with E-state index in [2.05, 4.69) is 74.8 Å². The van der Waals surface area contributed by atoms with Crippen molar-refractivity contribution in [1.29, 1.82) is 0 Å². The number of hydrogen-bond donors (Lipinski definition) is 0. The maximum atomic E-state index is 11.9. The van der Waals surface area contributed by atoms with E-state index in [4.69, 9.17) is 18.9 Å². The molecule has 0 aromatic heterocycles. The summed E-state index contributed by atoms with van der Waals surface area (Å²) in [6.07, 6.45) is 23.5. The first-order valence-corrected chi connectivity index (χ1v) is 25.5. The van der Waals surface area contributed by atoms with Crippen molar-refractivity contribution in [3.63, 3.8) is 0 Å². The van der Waals surface area contributed by atoms with Crippen molar-refractivity contribution in [2.45, 2.75) is 197 Å². The summed E-state index contributed by atoms with van der Waals surface area (Å²) in [6.45, 7) is 21.7. The monoisotopic (exact) mass is 941 g/mol. The molecule has 4 saturated carbocycles. The van der Waals surface area contributed by atoms with E-state index in [9.17, 15) is 28.8 Å². The predicted molar refractivity (Wildman–Crippen MR) is 267 cm³/mol. The molecule has 376 valence electrons. The lowest BCUT2D eigenvalue weighted by atomic mass is 9.85. The van der Waals surface area contributed by atoms with Crippen LogP contribution in [0.1, 0.15) is 173 Å². The lowest BCUT2D eigenvalue weighted by molar-refractivity contribution is -0.153. The van der Waals surface area contributed by atoms with E-state index in [0.717, 1.165) is 62.7 Å². The molecule has 68 heavy (non-hydrogen) atoms. The number of Topliss-reactive ketones (excluding diaryl/α,β-unsaturated/α-hetero) is 2. The Balaban J connectivity index is 0.000000366. The first-order valence-electron chi connectivity index (χ1n) is 25.5. The van der Waals surface area contributed by atoms with Crippen LogP contribution < -0.4 is 0 Å². The molecule has 4 aliphatic rings. The smallest absolute Gasteiger partial charge is 0.306 e. The van der Waals surface area contributed by atoms with Crippen LogP contribution in [0.5, 0.6) is 0 Å². The van der Waals surface area contributed by atoms with Gasteiger partial charge in [-0.05, 0) is 159 Å². The Labute approximate surface area is 409 Å². The van der Waals surface area contributed by atoms with Crippen LogP contribution >= 0.6 is 0 Å². The third-order valence-electron chi connectivity index (χ3n) is 14.8. The Bertz CT molecular complexity index is 1960. The number of allylic oxidation sites excluding steroid dienone is 6. The van der Waals surface area contributed by atoms with Crippen LogP contribution in [0.4, 0.5) is 0 Å². The highest BCUT2D eigenvalue weighted by Crippen LogP contribution is 2.53. The van der Waals surface area contributed by atoms with Gasteiger partial charge in [-0.1, -0.05) is 69.2 Å². The third-order valence-corrected chi connectivity index (χ3v) is 14.8. The third kappa shape index (κ3) is 19.4. The van der Waals surface area contributed by atoms with Crippen molar-refractivity contribution in [3.8, 4) is 23.7 Å². The zero-order valence-electron chi connectivity index (χ0n) is 43.5. The van der Waals surface area contributed by atoms with E-state index in [1.54, 1.807) is 26.3 Å². The molecule has 0 N–H and O–H groups in total. The van der Waals surface area contributed by atoms with Crippen LogP contribution in [0.2, 0.25) is 0 Å². The second-order valence-electron chi connectivity index (χ2n) is 20.3. The maximum absolute atomic E-state index is 11.9. The van der Waals surface area contributed by atoms with E-state index in [-0.39, 0.29) is 59.8 Å². The lowest BCUT2D eigenvalue weighted by Gasteiger charge is -2.23. The molecule has 4 unspecified atom stereocenters. The van der Waals surface area contributed by atoms with E-state index >= 15 is 0 Å². The lowest BCUT2D eigenvalue weighted by Crippen LogP contribution is -2.25. The predicted octanol–water partition coefficient (Wildman–Crippen LogP) is 11.6. The van der Waals surface area contributed by atoms with Crippen LogP contribution in [-0.4, -0.2) is 59.9 Å². The number of ether oxygens (including phenoxy) is 4. The number of unbranched alkanes of at least 4 members (excludes halogenated alkanes) is 2. The van der Waals surface area contributed by atoms with Gasteiger partial charge < -0.3 is 18.9 Å². The largest absolute Gasteiger partial charge is 0.462 e. The van der Waals surface area contributed by atoms with Crippen LogP contribution in [0.15, 0.2) is 47.6 Å². The number of hydrogen-bond acceptors (Lipinski definition) is 10. The van der Waals surface area contributed by atoms with Crippen molar-refractivity contribution in [1.82, 2.24) is 0 Å². The molecule has 0 heterocycles. The molecule has 0 saturated heterocycles. The molecular formula is C58H84O10. The van der Waals surface area contributed by atoms with Gasteiger partial charge in [-0.15, -0.1) is 23.7 Å². The Morgan fingerprint density at radius 2 is 1.10 bits per heavy atom. The standard InChI is InChI=1S/C30H42O7.C28H42O3/c1-7-8-11-19(2)28(36-22(5)32)15-14-26-27-17-24(16-25(27)18-29(26)37-23(6)33)12-9-10-13-30(34)35-21(4)20(3)31;1-7-8-11-19(2)20(3)14-15-26-21(4)16-25-17-24(18-27(25)26)12-9-10-13-28(30)31-23(6)22(5)29/h12,14-15,19,21,25-29H,9-11,13,16-18H2,1-6H3;12,14-15,19-21,23,25-27H,9-11,13,16-18H2,1-6H3/b2*15-14+,24-12+/t19?,21-,25+,26-,27+,28-,29?;19?,20-,21?,23-,25-,26+,27+/m11/s1. The van der Waals surface area contributed by atoms with Gasteiger partial charge in [-0.2, -0.15) is 0 Å². The number of esters is 4. The number of carbonyl (C=O) groups excluding carboxylic acids is 6. The molecule has 0 aliphatic heterocycles.